The van der Waals surface area contributed by atoms with Crippen LogP contribution in [-0.4, -0.2) is 75.7 Å². The highest BCUT2D eigenvalue weighted by Crippen LogP contribution is 2.58. The van der Waals surface area contributed by atoms with E-state index in [-0.39, 0.29) is 53.0 Å². The van der Waals surface area contributed by atoms with Gasteiger partial charge in [-0.1, -0.05) is 12.1 Å². The number of pyridine rings is 1. The van der Waals surface area contributed by atoms with E-state index < -0.39 is 0 Å². The van der Waals surface area contributed by atoms with Crippen LogP contribution in [0.1, 0.15) is 103 Å². The summed E-state index contributed by atoms with van der Waals surface area (Å²) in [6, 6.07) is 10.6. The molecule has 10 heteroatoms. The number of rotatable bonds is 9. The highest BCUT2D eigenvalue weighted by Gasteiger charge is 2.51. The topological polar surface area (TPSA) is 110 Å². The van der Waals surface area contributed by atoms with E-state index in [1.54, 1.807) is 12.0 Å². The second-order valence-electron chi connectivity index (χ2n) is 16.8. The number of carbonyl (C=O) groups is 2. The van der Waals surface area contributed by atoms with Crippen molar-refractivity contribution < 1.29 is 24.2 Å². The first kappa shape index (κ1) is 35.5. The maximum atomic E-state index is 14.7. The zero-order valence-corrected chi connectivity index (χ0v) is 31.1. The molecule has 5 aliphatic rings. The second-order valence-corrected chi connectivity index (χ2v) is 16.8. The Bertz CT molecular complexity index is 1710. The van der Waals surface area contributed by atoms with Crippen LogP contribution in [0.4, 0.5) is 10.6 Å². The molecule has 2 amide bonds. The van der Waals surface area contributed by atoms with Crippen molar-refractivity contribution >= 4 is 17.8 Å². The molecule has 5 fully saturated rings. The third-order valence-corrected chi connectivity index (χ3v) is 12.7. The third kappa shape index (κ3) is 7.00. The molecule has 8 rings (SSSR count). The predicted molar refractivity (Wildman–Crippen MR) is 197 cm³/mol. The van der Waals surface area contributed by atoms with E-state index in [9.17, 15) is 14.7 Å². The Labute approximate surface area is 302 Å². The summed E-state index contributed by atoms with van der Waals surface area (Å²) < 4.78 is 13.4. The van der Waals surface area contributed by atoms with E-state index in [2.05, 4.69) is 63.3 Å². The first-order valence-electron chi connectivity index (χ1n) is 19.0. The lowest BCUT2D eigenvalue weighted by molar-refractivity contribution is -0.124. The van der Waals surface area contributed by atoms with Gasteiger partial charge in [-0.15, -0.1) is 0 Å². The summed E-state index contributed by atoms with van der Waals surface area (Å²) in [5.74, 6) is 1.60. The van der Waals surface area contributed by atoms with Crippen LogP contribution in [-0.2, 0) is 20.5 Å². The minimum atomic E-state index is -0.345. The van der Waals surface area contributed by atoms with Gasteiger partial charge >= 0.3 is 6.09 Å². The summed E-state index contributed by atoms with van der Waals surface area (Å²) in [6.07, 6.45) is 15.3. The van der Waals surface area contributed by atoms with E-state index in [1.165, 1.54) is 11.1 Å². The predicted octanol–water partition coefficient (Wildman–Crippen LogP) is 7.40. The minimum absolute atomic E-state index is 0.0377. The number of aliphatic hydroxyl groups is 1. The van der Waals surface area contributed by atoms with Crippen molar-refractivity contribution in [1.29, 1.82) is 0 Å². The molecular weight excluding hydrogens is 642 g/mol. The molecule has 3 aromatic rings. The number of likely N-dealkylation sites (tertiary alicyclic amines) is 1. The van der Waals surface area contributed by atoms with Crippen molar-refractivity contribution in [1.82, 2.24) is 19.7 Å². The number of hydrogen-bond donors (Lipinski definition) is 1. The molecular formula is C41H55N5O5. The number of carbonyl (C=O) groups excluding carboxylic acids is 2. The molecule has 1 atom stereocenters. The van der Waals surface area contributed by atoms with E-state index in [1.807, 2.05) is 28.0 Å². The lowest BCUT2D eigenvalue weighted by Gasteiger charge is -2.55. The quantitative estimate of drug-likeness (QED) is 0.248. The van der Waals surface area contributed by atoms with Crippen LogP contribution in [0.25, 0.3) is 11.1 Å². The number of nitrogens with zero attached hydrogens (tertiary/aromatic N) is 5. The lowest BCUT2D eigenvalue weighted by atomic mass is 9.51. The molecule has 51 heavy (non-hydrogen) atoms. The molecule has 0 unspecified atom stereocenters. The van der Waals surface area contributed by atoms with Gasteiger partial charge < -0.3 is 19.5 Å². The average molecular weight is 698 g/mol. The van der Waals surface area contributed by atoms with E-state index in [4.69, 9.17) is 14.5 Å². The molecule has 4 aliphatic carbocycles. The van der Waals surface area contributed by atoms with E-state index in [0.29, 0.717) is 44.6 Å². The van der Waals surface area contributed by atoms with Gasteiger partial charge in [0.05, 0.1) is 31.5 Å². The summed E-state index contributed by atoms with van der Waals surface area (Å²) >= 11 is 0. The molecule has 0 spiro atoms. The lowest BCUT2D eigenvalue weighted by Crippen LogP contribution is -2.54. The van der Waals surface area contributed by atoms with Crippen molar-refractivity contribution in [3.05, 3.63) is 60.0 Å². The maximum absolute atomic E-state index is 14.7. The number of benzene rings is 1. The molecule has 274 valence electrons. The SMILES string of the molecule is COc1ccc(C23CCC(CN(c4cc(-c5cnn(C(C)(C)C)c5)ccn4)C(=O)[C@H]4CC[C@H](OC(=O)N5CC[C@H]5CO)CC4)(CC2)CC3)cc1C. The molecule has 4 saturated carbocycles. The molecule has 0 radical (unpaired) electrons. The van der Waals surface area contributed by atoms with Crippen molar-refractivity contribution in [2.45, 2.75) is 121 Å². The summed E-state index contributed by atoms with van der Waals surface area (Å²) in [5, 5.41) is 14.1. The van der Waals surface area contributed by atoms with Crippen LogP contribution in [0.5, 0.6) is 5.75 Å². The number of anilines is 1. The number of ether oxygens (including phenoxy) is 2. The van der Waals surface area contributed by atoms with Gasteiger partial charge in [-0.3, -0.25) is 14.4 Å². The van der Waals surface area contributed by atoms with Crippen LogP contribution in [0.2, 0.25) is 0 Å². The standard InChI is InChI=1S/C41H55N5O5/c1-28-22-32(8-11-35(28)50-5)41-17-14-40(15-18-41,16-19-41)27-45(36-23-30(12-20-42-36)31-24-43-46(25-31)39(2,3)4)37(48)29-6-9-34(10-7-29)51-38(49)44-21-13-33(44)26-47/h8,11-12,20,22-25,29,33-34,47H,6-7,9-10,13-19,21,26-27H2,1-5H3/t29-,33-,34-,40?,41?/m0/s1. The Morgan fingerprint density at radius 2 is 1.71 bits per heavy atom. The van der Waals surface area contributed by atoms with Crippen molar-refractivity contribution in [2.75, 3.05) is 31.7 Å². The van der Waals surface area contributed by atoms with Gasteiger partial charge in [0.25, 0.3) is 0 Å². The molecule has 1 aromatic carbocycles. The Hall–Kier alpha value is -3.92. The number of fused-ring (bicyclic) bond motifs is 3. The van der Waals surface area contributed by atoms with Gasteiger partial charge in [-0.25, -0.2) is 9.78 Å². The molecule has 1 N–H and O–H groups in total. The van der Waals surface area contributed by atoms with Gasteiger partial charge in [0.2, 0.25) is 5.91 Å². The number of hydrogen-bond acceptors (Lipinski definition) is 7. The summed E-state index contributed by atoms with van der Waals surface area (Å²) in [4.78, 5) is 35.9. The molecule has 2 aromatic heterocycles. The summed E-state index contributed by atoms with van der Waals surface area (Å²) in [6.45, 7) is 9.77. The van der Waals surface area contributed by atoms with Gasteiger partial charge in [0.1, 0.15) is 17.7 Å². The fraction of sp³-hybridized carbons (Fsp3) is 0.610. The molecule has 1 aliphatic heterocycles. The van der Waals surface area contributed by atoms with Gasteiger partial charge in [-0.05, 0) is 144 Å². The van der Waals surface area contributed by atoms with E-state index >= 15 is 0 Å². The number of aromatic nitrogens is 3. The molecule has 3 heterocycles. The highest BCUT2D eigenvalue weighted by molar-refractivity contribution is 5.95. The minimum Gasteiger partial charge on any atom is -0.496 e. The zero-order valence-electron chi connectivity index (χ0n) is 31.1. The van der Waals surface area contributed by atoms with Crippen molar-refractivity contribution in [3.63, 3.8) is 0 Å². The molecule has 1 saturated heterocycles. The van der Waals surface area contributed by atoms with Crippen LogP contribution in [0.15, 0.2) is 48.9 Å². The van der Waals surface area contributed by atoms with Crippen LogP contribution >= 0.6 is 0 Å². The van der Waals surface area contributed by atoms with Gasteiger partial charge in [0, 0.05) is 37.0 Å². The normalized spacial score (nSPS) is 27.5. The van der Waals surface area contributed by atoms with Crippen molar-refractivity contribution in [3.8, 4) is 16.9 Å². The number of amides is 2. The Kier molecular flexibility index (Phi) is 9.67. The average Bonchev–Trinajstić information content (AvgIpc) is 3.63. The summed E-state index contributed by atoms with van der Waals surface area (Å²) in [7, 11) is 1.73. The fourth-order valence-electron chi connectivity index (χ4n) is 9.06. The first-order chi connectivity index (χ1) is 24.4. The Morgan fingerprint density at radius 3 is 2.29 bits per heavy atom. The molecule has 10 nitrogen and oxygen atoms in total. The largest absolute Gasteiger partial charge is 0.496 e. The maximum Gasteiger partial charge on any atom is 0.410 e. The Balaban J connectivity index is 1.10. The van der Waals surface area contributed by atoms with Crippen LogP contribution in [0.3, 0.4) is 0 Å². The molecule has 2 bridgehead atoms. The summed E-state index contributed by atoms with van der Waals surface area (Å²) in [5.41, 5.74) is 4.69. The number of aryl methyl sites for hydroxylation is 1. The highest BCUT2D eigenvalue weighted by atomic mass is 16.6. The smallest absolute Gasteiger partial charge is 0.410 e. The van der Waals surface area contributed by atoms with Crippen LogP contribution < -0.4 is 9.64 Å². The fourth-order valence-corrected chi connectivity index (χ4v) is 9.06. The Morgan fingerprint density at radius 1 is 0.980 bits per heavy atom. The number of aliphatic hydroxyl groups excluding tert-OH is 1. The second kappa shape index (κ2) is 13.9. The van der Waals surface area contributed by atoms with Crippen LogP contribution in [0, 0.1) is 18.3 Å². The van der Waals surface area contributed by atoms with Gasteiger partial charge in [-0.2, -0.15) is 5.10 Å². The number of methoxy groups -OCH3 is 1. The van der Waals surface area contributed by atoms with Crippen molar-refractivity contribution in [2.24, 2.45) is 11.3 Å². The zero-order chi connectivity index (χ0) is 36.0. The first-order valence-corrected chi connectivity index (χ1v) is 19.0. The van der Waals surface area contributed by atoms with Gasteiger partial charge in [0.15, 0.2) is 0 Å². The monoisotopic (exact) mass is 697 g/mol. The van der Waals surface area contributed by atoms with E-state index in [0.717, 1.165) is 61.8 Å². The third-order valence-electron chi connectivity index (χ3n) is 12.7.